The number of aromatic nitrogens is 3. The number of carbonyl (C=O) groups is 1. The number of likely N-dealkylation sites (tertiary alicyclic amines) is 1. The molecule has 1 saturated heterocycles. The number of rotatable bonds is 9. The Morgan fingerprint density at radius 2 is 1.69 bits per heavy atom. The molecule has 1 amide bonds. The standard InChI is InChI=1S/C38H38F3N5O5S/c1-23-11-12-27-28(13-14-32(41)30(27)22-52(48,49)21-24-8-5-6-10-31(24)40)34(23)50-35-29(9-7-16-42-35)33-15-17-43-36(45-33)44-26-18-25(39)19-46(20-26)37(47)51-38(2,3)4/h5-17,25-26H,18-22H2,1-4H3,(H,43,44,45)/t25-,26-/m1/s1. The van der Waals surface area contributed by atoms with Gasteiger partial charge in [-0.25, -0.2) is 41.3 Å². The van der Waals surface area contributed by atoms with Crippen LogP contribution in [0.4, 0.5) is 23.9 Å². The smallest absolute Gasteiger partial charge is 0.410 e. The molecule has 1 fully saturated rings. The molecule has 0 saturated carbocycles. The number of nitrogens with one attached hydrogen (secondary N) is 1. The van der Waals surface area contributed by atoms with Gasteiger partial charge >= 0.3 is 6.09 Å². The van der Waals surface area contributed by atoms with Crippen molar-refractivity contribution < 1.29 is 35.9 Å². The number of halogens is 3. The number of benzene rings is 3. The molecule has 2 aromatic heterocycles. The molecular formula is C38H38F3N5O5S. The Labute approximate surface area is 300 Å². The second-order valence-corrected chi connectivity index (χ2v) is 15.8. The van der Waals surface area contributed by atoms with Gasteiger partial charge in [0.2, 0.25) is 11.8 Å². The lowest BCUT2D eigenvalue weighted by atomic mass is 10.0. The lowest BCUT2D eigenvalue weighted by Crippen LogP contribution is -2.51. The van der Waals surface area contributed by atoms with Gasteiger partial charge in [-0.2, -0.15) is 0 Å². The highest BCUT2D eigenvalue weighted by atomic mass is 32.2. The van der Waals surface area contributed by atoms with E-state index < -0.39 is 56.9 Å². The third-order valence-electron chi connectivity index (χ3n) is 8.39. The summed E-state index contributed by atoms with van der Waals surface area (Å²) in [5.74, 6) is -1.92. The van der Waals surface area contributed by atoms with E-state index in [1.54, 1.807) is 64.1 Å². The van der Waals surface area contributed by atoms with Crippen molar-refractivity contribution in [3.8, 4) is 22.9 Å². The van der Waals surface area contributed by atoms with Crippen LogP contribution in [0.3, 0.4) is 0 Å². The summed E-state index contributed by atoms with van der Waals surface area (Å²) in [4.78, 5) is 27.4. The number of amides is 1. The number of anilines is 1. The van der Waals surface area contributed by atoms with Crippen LogP contribution >= 0.6 is 0 Å². The molecule has 0 aliphatic carbocycles. The fourth-order valence-corrected chi connectivity index (χ4v) is 7.61. The lowest BCUT2D eigenvalue weighted by Gasteiger charge is -2.36. The zero-order valence-corrected chi connectivity index (χ0v) is 29.9. The molecule has 52 heavy (non-hydrogen) atoms. The largest absolute Gasteiger partial charge is 0.444 e. The van der Waals surface area contributed by atoms with Crippen molar-refractivity contribution in [1.29, 1.82) is 0 Å². The van der Waals surface area contributed by atoms with E-state index in [9.17, 15) is 22.0 Å². The topological polar surface area (TPSA) is 124 Å². The molecule has 1 aliphatic rings. The van der Waals surface area contributed by atoms with Crippen molar-refractivity contribution >= 4 is 32.7 Å². The minimum absolute atomic E-state index is 0.00175. The molecule has 0 bridgehead atoms. The van der Waals surface area contributed by atoms with Crippen molar-refractivity contribution in [2.75, 3.05) is 18.4 Å². The first-order valence-corrected chi connectivity index (χ1v) is 18.5. The van der Waals surface area contributed by atoms with Crippen LogP contribution in [0, 0.1) is 18.6 Å². The van der Waals surface area contributed by atoms with Gasteiger partial charge in [-0.15, -0.1) is 0 Å². The highest BCUT2D eigenvalue weighted by Gasteiger charge is 2.33. The maximum absolute atomic E-state index is 15.3. The van der Waals surface area contributed by atoms with Gasteiger partial charge in [-0.05, 0) is 75.0 Å². The molecular weight excluding hydrogens is 696 g/mol. The molecule has 5 aromatic rings. The molecule has 272 valence electrons. The number of piperidine rings is 1. The second kappa shape index (κ2) is 14.8. The van der Waals surface area contributed by atoms with Crippen molar-refractivity contribution in [2.24, 2.45) is 0 Å². The molecule has 14 heteroatoms. The summed E-state index contributed by atoms with van der Waals surface area (Å²) in [6.07, 6.45) is 1.33. The molecule has 3 aromatic carbocycles. The van der Waals surface area contributed by atoms with E-state index in [0.29, 0.717) is 33.3 Å². The molecule has 6 rings (SSSR count). The normalized spacial score (nSPS) is 16.5. The van der Waals surface area contributed by atoms with Gasteiger partial charge in [0.15, 0.2) is 9.84 Å². The van der Waals surface area contributed by atoms with Crippen LogP contribution in [-0.2, 0) is 26.1 Å². The fraction of sp³-hybridized carbons (Fsp3) is 0.316. The van der Waals surface area contributed by atoms with E-state index in [0.717, 1.165) is 0 Å². The minimum Gasteiger partial charge on any atom is -0.444 e. The molecule has 10 nitrogen and oxygen atoms in total. The Morgan fingerprint density at radius 1 is 0.923 bits per heavy atom. The number of aryl methyl sites for hydroxylation is 1. The van der Waals surface area contributed by atoms with Crippen molar-refractivity contribution in [3.63, 3.8) is 0 Å². The van der Waals surface area contributed by atoms with E-state index in [1.807, 2.05) is 0 Å². The van der Waals surface area contributed by atoms with Crippen LogP contribution in [0.15, 0.2) is 79.1 Å². The molecule has 0 spiro atoms. The highest BCUT2D eigenvalue weighted by molar-refractivity contribution is 7.89. The first-order valence-electron chi connectivity index (χ1n) is 16.6. The predicted octanol–water partition coefficient (Wildman–Crippen LogP) is 7.95. The zero-order chi connectivity index (χ0) is 37.2. The van der Waals surface area contributed by atoms with Gasteiger partial charge in [0, 0.05) is 47.9 Å². The fourth-order valence-electron chi connectivity index (χ4n) is 6.07. The van der Waals surface area contributed by atoms with Crippen LogP contribution < -0.4 is 10.1 Å². The molecule has 0 radical (unpaired) electrons. The second-order valence-electron chi connectivity index (χ2n) is 13.7. The van der Waals surface area contributed by atoms with E-state index in [-0.39, 0.29) is 42.5 Å². The van der Waals surface area contributed by atoms with Crippen molar-refractivity contribution in [1.82, 2.24) is 19.9 Å². The van der Waals surface area contributed by atoms with E-state index in [1.165, 1.54) is 47.6 Å². The molecule has 0 unspecified atom stereocenters. The molecule has 1 N–H and O–H groups in total. The first kappa shape index (κ1) is 36.5. The average Bonchev–Trinajstić information content (AvgIpc) is 3.07. The summed E-state index contributed by atoms with van der Waals surface area (Å²) in [5.41, 5.74) is 0.811. The number of carbonyl (C=O) groups excluding carboxylic acids is 1. The SMILES string of the molecule is Cc1ccc2c(CS(=O)(=O)Cc3ccccc3F)c(F)ccc2c1Oc1ncccc1-c1ccnc(N[C@@H]2C[C@@H](F)CN(C(=O)OC(C)(C)C)C2)n1. The summed E-state index contributed by atoms with van der Waals surface area (Å²) in [6.45, 7) is 7.16. The van der Waals surface area contributed by atoms with Crippen LogP contribution in [0.5, 0.6) is 11.6 Å². The van der Waals surface area contributed by atoms with E-state index in [2.05, 4.69) is 20.3 Å². The Morgan fingerprint density at radius 3 is 2.46 bits per heavy atom. The van der Waals surface area contributed by atoms with E-state index in [4.69, 9.17) is 9.47 Å². The van der Waals surface area contributed by atoms with Crippen LogP contribution in [-0.4, -0.2) is 65.3 Å². The summed E-state index contributed by atoms with van der Waals surface area (Å²) >= 11 is 0. The van der Waals surface area contributed by atoms with Crippen molar-refractivity contribution in [3.05, 3.63) is 107 Å². The Bertz CT molecular complexity index is 2230. The predicted molar refractivity (Wildman–Crippen MR) is 191 cm³/mol. The number of sulfone groups is 1. The summed E-state index contributed by atoms with van der Waals surface area (Å²) in [7, 11) is -3.98. The lowest BCUT2D eigenvalue weighted by molar-refractivity contribution is 0.0124. The number of alkyl halides is 1. The van der Waals surface area contributed by atoms with Gasteiger partial charge in [0.05, 0.1) is 29.3 Å². The average molecular weight is 734 g/mol. The maximum atomic E-state index is 15.3. The van der Waals surface area contributed by atoms with E-state index >= 15 is 4.39 Å². The van der Waals surface area contributed by atoms with Gasteiger partial charge in [0.25, 0.3) is 0 Å². The zero-order valence-electron chi connectivity index (χ0n) is 29.1. The quantitative estimate of drug-likeness (QED) is 0.161. The molecule has 2 atom stereocenters. The Kier molecular flexibility index (Phi) is 10.4. The van der Waals surface area contributed by atoms with Crippen LogP contribution in [0.25, 0.3) is 22.0 Å². The maximum Gasteiger partial charge on any atom is 0.410 e. The van der Waals surface area contributed by atoms with Crippen molar-refractivity contribution in [2.45, 2.75) is 63.4 Å². The van der Waals surface area contributed by atoms with Gasteiger partial charge in [-0.3, -0.25) is 0 Å². The van der Waals surface area contributed by atoms with Gasteiger partial charge in [0.1, 0.15) is 29.2 Å². The number of hydrogen-bond donors (Lipinski definition) is 1. The number of fused-ring (bicyclic) bond motifs is 1. The number of hydrogen-bond acceptors (Lipinski definition) is 9. The molecule has 1 aliphatic heterocycles. The summed E-state index contributed by atoms with van der Waals surface area (Å²) in [5, 5.41) is 3.91. The van der Waals surface area contributed by atoms with Crippen LogP contribution in [0.2, 0.25) is 0 Å². The summed E-state index contributed by atoms with van der Waals surface area (Å²) < 4.78 is 82.6. The number of ether oxygens (including phenoxy) is 2. The Balaban J connectivity index is 1.26. The third-order valence-corrected chi connectivity index (χ3v) is 9.87. The summed E-state index contributed by atoms with van der Waals surface area (Å²) in [6, 6.07) is 16.2. The first-order chi connectivity index (χ1) is 24.7. The van der Waals surface area contributed by atoms with Gasteiger partial charge in [-0.1, -0.05) is 30.3 Å². The number of pyridine rings is 1. The Hall–Kier alpha value is -5.24. The number of nitrogens with zero attached hydrogens (tertiary/aromatic N) is 4. The van der Waals surface area contributed by atoms with Crippen LogP contribution in [0.1, 0.15) is 43.9 Å². The third kappa shape index (κ3) is 8.61. The molecule has 3 heterocycles. The van der Waals surface area contributed by atoms with Gasteiger partial charge < -0.3 is 19.7 Å². The minimum atomic E-state index is -3.98. The highest BCUT2D eigenvalue weighted by Crippen LogP contribution is 2.39. The monoisotopic (exact) mass is 733 g/mol.